The number of benzene rings is 2. The first-order chi connectivity index (χ1) is 16.1. The van der Waals surface area contributed by atoms with Crippen LogP contribution in [0.5, 0.6) is 0 Å². The molecule has 7 heteroatoms. The van der Waals surface area contributed by atoms with Crippen molar-refractivity contribution in [3.63, 3.8) is 0 Å². The van der Waals surface area contributed by atoms with Crippen molar-refractivity contribution in [1.82, 2.24) is 14.9 Å². The summed E-state index contributed by atoms with van der Waals surface area (Å²) in [6.45, 7) is 5.83. The predicted octanol–water partition coefficient (Wildman–Crippen LogP) is 3.55. The number of rotatable bonds is 4. The van der Waals surface area contributed by atoms with Gasteiger partial charge in [0.25, 0.3) is 5.91 Å². The Morgan fingerprint density at radius 2 is 1.88 bits per heavy atom. The molecule has 0 unspecified atom stereocenters. The zero-order chi connectivity index (χ0) is 22.8. The lowest BCUT2D eigenvalue weighted by atomic mass is 10.0. The molecule has 2 aromatic carbocycles. The maximum atomic E-state index is 13.7. The fourth-order valence-electron chi connectivity index (χ4n) is 4.55. The van der Waals surface area contributed by atoms with Crippen molar-refractivity contribution >= 4 is 11.7 Å². The standard InChI is InChI=1S/C26H27FN4O2/c1-18-5-2-3-8-21(18)26(32)31-10-9-23-22(17-31)25(30-11-13-33-14-12-30)29-24(28-23)16-19-6-4-7-20(27)15-19/h2-8,15H,9-14,16-17H2,1H3. The predicted molar refractivity (Wildman–Crippen MR) is 124 cm³/mol. The van der Waals surface area contributed by atoms with Crippen LogP contribution in [0.25, 0.3) is 0 Å². The van der Waals surface area contributed by atoms with Gasteiger partial charge in [0.1, 0.15) is 17.5 Å². The largest absolute Gasteiger partial charge is 0.378 e. The maximum absolute atomic E-state index is 13.7. The van der Waals surface area contributed by atoms with Crippen LogP contribution >= 0.6 is 0 Å². The summed E-state index contributed by atoms with van der Waals surface area (Å²) in [7, 11) is 0. The number of aryl methyl sites for hydroxylation is 1. The summed E-state index contributed by atoms with van der Waals surface area (Å²) in [5, 5.41) is 0. The molecule has 2 aliphatic heterocycles. The number of carbonyl (C=O) groups excluding carboxylic acids is 1. The van der Waals surface area contributed by atoms with Crippen LogP contribution in [0, 0.1) is 12.7 Å². The van der Waals surface area contributed by atoms with Gasteiger partial charge >= 0.3 is 0 Å². The lowest BCUT2D eigenvalue weighted by Crippen LogP contribution is -2.41. The summed E-state index contributed by atoms with van der Waals surface area (Å²) in [6.07, 6.45) is 1.14. The molecule has 170 valence electrons. The number of morpholine rings is 1. The highest BCUT2D eigenvalue weighted by molar-refractivity contribution is 5.95. The second kappa shape index (κ2) is 9.27. The number of fused-ring (bicyclic) bond motifs is 1. The molecule has 0 saturated carbocycles. The molecular weight excluding hydrogens is 419 g/mol. The van der Waals surface area contributed by atoms with Crippen LogP contribution in [-0.2, 0) is 24.1 Å². The second-order valence-electron chi connectivity index (χ2n) is 8.59. The fraction of sp³-hybridized carbons (Fsp3) is 0.346. The van der Waals surface area contributed by atoms with Gasteiger partial charge in [0.15, 0.2) is 0 Å². The van der Waals surface area contributed by atoms with E-state index in [2.05, 4.69) is 4.90 Å². The fourth-order valence-corrected chi connectivity index (χ4v) is 4.55. The van der Waals surface area contributed by atoms with Crippen molar-refractivity contribution < 1.29 is 13.9 Å². The Balaban J connectivity index is 1.48. The van der Waals surface area contributed by atoms with Crippen LogP contribution in [0.2, 0.25) is 0 Å². The molecule has 1 amide bonds. The SMILES string of the molecule is Cc1ccccc1C(=O)N1CCc2nc(Cc3cccc(F)c3)nc(N3CCOCC3)c2C1. The minimum atomic E-state index is -0.260. The number of carbonyl (C=O) groups is 1. The van der Waals surface area contributed by atoms with Crippen molar-refractivity contribution in [2.75, 3.05) is 37.7 Å². The van der Waals surface area contributed by atoms with Crippen molar-refractivity contribution in [2.45, 2.75) is 26.3 Å². The number of amides is 1. The lowest BCUT2D eigenvalue weighted by molar-refractivity contribution is 0.0732. The normalized spacial score (nSPS) is 15.9. The minimum absolute atomic E-state index is 0.0375. The molecule has 1 fully saturated rings. The van der Waals surface area contributed by atoms with Crippen molar-refractivity contribution in [3.05, 3.63) is 88.1 Å². The first-order valence-corrected chi connectivity index (χ1v) is 11.4. The molecule has 0 N–H and O–H groups in total. The Hall–Kier alpha value is -3.32. The second-order valence-corrected chi connectivity index (χ2v) is 8.59. The van der Waals surface area contributed by atoms with Crippen molar-refractivity contribution in [3.8, 4) is 0 Å². The maximum Gasteiger partial charge on any atom is 0.254 e. The Morgan fingerprint density at radius 3 is 2.67 bits per heavy atom. The Bertz CT molecular complexity index is 1180. The molecular formula is C26H27FN4O2. The van der Waals surface area contributed by atoms with Crippen molar-refractivity contribution in [2.24, 2.45) is 0 Å². The first kappa shape index (κ1) is 21.5. The van der Waals surface area contributed by atoms with Crippen LogP contribution < -0.4 is 4.90 Å². The summed E-state index contributed by atoms with van der Waals surface area (Å²) in [5.41, 5.74) is 4.54. The van der Waals surface area contributed by atoms with Gasteiger partial charge in [0, 0.05) is 43.6 Å². The molecule has 3 aromatic rings. The highest BCUT2D eigenvalue weighted by Crippen LogP contribution is 2.29. The van der Waals surface area contributed by atoms with Crippen LogP contribution in [0.15, 0.2) is 48.5 Å². The summed E-state index contributed by atoms with van der Waals surface area (Å²) in [4.78, 5) is 27.2. The van der Waals surface area contributed by atoms with E-state index in [1.807, 2.05) is 42.2 Å². The third-order valence-electron chi connectivity index (χ3n) is 6.31. The monoisotopic (exact) mass is 446 g/mol. The average molecular weight is 447 g/mol. The molecule has 5 rings (SSSR count). The molecule has 0 bridgehead atoms. The van der Waals surface area contributed by atoms with Crippen LogP contribution in [0.4, 0.5) is 10.2 Å². The molecule has 1 aromatic heterocycles. The molecule has 0 radical (unpaired) electrons. The van der Waals surface area contributed by atoms with E-state index in [9.17, 15) is 9.18 Å². The zero-order valence-corrected chi connectivity index (χ0v) is 18.8. The van der Waals surface area contributed by atoms with E-state index in [1.165, 1.54) is 12.1 Å². The van der Waals surface area contributed by atoms with Gasteiger partial charge in [-0.05, 0) is 36.2 Å². The minimum Gasteiger partial charge on any atom is -0.378 e. The Morgan fingerprint density at radius 1 is 1.06 bits per heavy atom. The van der Waals surface area contributed by atoms with E-state index in [4.69, 9.17) is 14.7 Å². The van der Waals surface area contributed by atoms with E-state index >= 15 is 0 Å². The summed E-state index contributed by atoms with van der Waals surface area (Å²) in [6, 6.07) is 14.3. The zero-order valence-electron chi connectivity index (χ0n) is 18.8. The van der Waals surface area contributed by atoms with Crippen molar-refractivity contribution in [1.29, 1.82) is 0 Å². The number of hydrogen-bond acceptors (Lipinski definition) is 5. The van der Waals surface area contributed by atoms with Gasteiger partial charge in [-0.15, -0.1) is 0 Å². The molecule has 2 aliphatic rings. The molecule has 0 aliphatic carbocycles. The summed E-state index contributed by atoms with van der Waals surface area (Å²) >= 11 is 0. The molecule has 33 heavy (non-hydrogen) atoms. The molecule has 3 heterocycles. The number of nitrogens with zero attached hydrogens (tertiary/aromatic N) is 4. The number of aromatic nitrogens is 2. The first-order valence-electron chi connectivity index (χ1n) is 11.4. The number of hydrogen-bond donors (Lipinski definition) is 0. The molecule has 0 spiro atoms. The van der Waals surface area contributed by atoms with Gasteiger partial charge in [0.2, 0.25) is 0 Å². The average Bonchev–Trinajstić information content (AvgIpc) is 2.84. The highest BCUT2D eigenvalue weighted by atomic mass is 19.1. The highest BCUT2D eigenvalue weighted by Gasteiger charge is 2.29. The van der Waals surface area contributed by atoms with E-state index < -0.39 is 0 Å². The topological polar surface area (TPSA) is 58.6 Å². The summed E-state index contributed by atoms with van der Waals surface area (Å²) in [5.74, 6) is 1.33. The van der Waals surface area contributed by atoms with Crippen LogP contribution in [0.3, 0.4) is 0 Å². The van der Waals surface area contributed by atoms with Gasteiger partial charge < -0.3 is 14.5 Å². The van der Waals surface area contributed by atoms with Gasteiger partial charge in [0.05, 0.1) is 25.5 Å². The van der Waals surface area contributed by atoms with Gasteiger partial charge in [-0.1, -0.05) is 30.3 Å². The van der Waals surface area contributed by atoms with Gasteiger partial charge in [-0.3, -0.25) is 4.79 Å². The number of halogens is 1. The van der Waals surface area contributed by atoms with E-state index in [-0.39, 0.29) is 11.7 Å². The molecule has 1 saturated heterocycles. The number of anilines is 1. The quantitative estimate of drug-likeness (QED) is 0.614. The van der Waals surface area contributed by atoms with Gasteiger partial charge in [-0.2, -0.15) is 0 Å². The van der Waals surface area contributed by atoms with E-state index in [1.54, 1.807) is 6.07 Å². The summed E-state index contributed by atoms with van der Waals surface area (Å²) < 4.78 is 19.2. The van der Waals surface area contributed by atoms with E-state index in [0.29, 0.717) is 45.0 Å². The smallest absolute Gasteiger partial charge is 0.254 e. The Kier molecular flexibility index (Phi) is 6.05. The van der Waals surface area contributed by atoms with Gasteiger partial charge in [-0.25, -0.2) is 14.4 Å². The van der Waals surface area contributed by atoms with E-state index in [0.717, 1.165) is 46.9 Å². The molecule has 6 nitrogen and oxygen atoms in total. The van der Waals surface area contributed by atoms with Crippen LogP contribution in [0.1, 0.15) is 38.6 Å². The lowest BCUT2D eigenvalue weighted by Gasteiger charge is -2.34. The molecule has 0 atom stereocenters. The number of ether oxygens (including phenoxy) is 1. The van der Waals surface area contributed by atoms with Crippen LogP contribution in [-0.4, -0.2) is 53.6 Å². The Labute approximate surface area is 193 Å². The third kappa shape index (κ3) is 4.59. The third-order valence-corrected chi connectivity index (χ3v) is 6.31.